The van der Waals surface area contributed by atoms with Crippen LogP contribution in [0.25, 0.3) is 0 Å². The zero-order chi connectivity index (χ0) is 17.7. The molecular weight excluding hydrogens is 323 g/mol. The first-order valence-corrected chi connectivity index (χ1v) is 6.98. The van der Waals surface area contributed by atoms with E-state index >= 15 is 0 Å². The molecule has 1 N–H and O–H groups in total. The number of carbonyl (C=O) groups is 1. The van der Waals surface area contributed by atoms with Crippen molar-refractivity contribution in [2.45, 2.75) is 6.18 Å². The van der Waals surface area contributed by atoms with Crippen molar-refractivity contribution in [1.29, 1.82) is 0 Å². The number of benzene rings is 1. The number of nitrogens with zero attached hydrogens (tertiary/aromatic N) is 2. The van der Waals surface area contributed by atoms with Gasteiger partial charge in [0.05, 0.1) is 19.2 Å². The second-order valence-electron chi connectivity index (χ2n) is 5.04. The number of rotatable bonds is 5. The van der Waals surface area contributed by atoms with Gasteiger partial charge in [0.2, 0.25) is 5.91 Å². The summed E-state index contributed by atoms with van der Waals surface area (Å²) in [6.45, 7) is -0.0512. The van der Waals surface area contributed by atoms with Crippen molar-refractivity contribution < 1.29 is 22.7 Å². The minimum atomic E-state index is -4.43. The molecule has 0 aliphatic carbocycles. The van der Waals surface area contributed by atoms with Crippen molar-refractivity contribution in [2.24, 2.45) is 0 Å². The number of anilines is 2. The van der Waals surface area contributed by atoms with E-state index in [1.165, 1.54) is 11.0 Å². The summed E-state index contributed by atoms with van der Waals surface area (Å²) in [5.41, 5.74) is -0.239. The predicted octanol–water partition coefficient (Wildman–Crippen LogP) is 3.18. The SMILES string of the molecule is COc1ccc(NC(=O)CN(C)c2ccc(C(F)(F)F)cn2)cc1. The van der Waals surface area contributed by atoms with Gasteiger partial charge in [-0.3, -0.25) is 4.79 Å². The Bertz CT molecular complexity index is 685. The molecule has 1 heterocycles. The Hall–Kier alpha value is -2.77. The number of hydrogen-bond donors (Lipinski definition) is 1. The molecule has 8 heteroatoms. The monoisotopic (exact) mass is 339 g/mol. The minimum Gasteiger partial charge on any atom is -0.497 e. The first-order valence-electron chi connectivity index (χ1n) is 6.98. The molecule has 0 saturated heterocycles. The zero-order valence-electron chi connectivity index (χ0n) is 13.1. The number of carbonyl (C=O) groups excluding carboxylic acids is 1. The van der Waals surface area contributed by atoms with Gasteiger partial charge in [0.25, 0.3) is 0 Å². The summed E-state index contributed by atoms with van der Waals surface area (Å²) >= 11 is 0. The smallest absolute Gasteiger partial charge is 0.417 e. The lowest BCUT2D eigenvalue weighted by Crippen LogP contribution is -2.30. The lowest BCUT2D eigenvalue weighted by molar-refractivity contribution is -0.137. The number of ether oxygens (including phenoxy) is 1. The normalized spacial score (nSPS) is 11.0. The number of pyridine rings is 1. The van der Waals surface area contributed by atoms with E-state index in [0.29, 0.717) is 11.4 Å². The first kappa shape index (κ1) is 17.6. The highest BCUT2D eigenvalue weighted by atomic mass is 19.4. The average Bonchev–Trinajstić information content (AvgIpc) is 2.54. The second kappa shape index (κ2) is 7.20. The summed E-state index contributed by atoms with van der Waals surface area (Å²) in [4.78, 5) is 17.2. The quantitative estimate of drug-likeness (QED) is 0.909. The highest BCUT2D eigenvalue weighted by Crippen LogP contribution is 2.29. The van der Waals surface area contributed by atoms with Crippen LogP contribution in [-0.2, 0) is 11.0 Å². The number of likely N-dealkylation sites (N-methyl/N-ethyl adjacent to an activating group) is 1. The second-order valence-corrected chi connectivity index (χ2v) is 5.04. The molecule has 24 heavy (non-hydrogen) atoms. The molecule has 0 atom stereocenters. The van der Waals surface area contributed by atoms with E-state index in [2.05, 4.69) is 10.3 Å². The van der Waals surface area contributed by atoms with Crippen molar-refractivity contribution in [3.05, 3.63) is 48.2 Å². The zero-order valence-corrected chi connectivity index (χ0v) is 13.1. The summed E-state index contributed by atoms with van der Waals surface area (Å²) in [6, 6.07) is 8.94. The lowest BCUT2D eigenvalue weighted by atomic mass is 10.2. The lowest BCUT2D eigenvalue weighted by Gasteiger charge is -2.18. The maximum absolute atomic E-state index is 12.5. The average molecular weight is 339 g/mol. The summed E-state index contributed by atoms with van der Waals surface area (Å²) in [5.74, 6) is 0.622. The van der Waals surface area contributed by atoms with E-state index < -0.39 is 11.7 Å². The molecule has 0 saturated carbocycles. The maximum Gasteiger partial charge on any atom is 0.417 e. The molecule has 1 aromatic carbocycles. The minimum absolute atomic E-state index is 0.0512. The van der Waals surface area contributed by atoms with Crippen LogP contribution in [0.5, 0.6) is 5.75 Å². The molecule has 2 rings (SSSR count). The van der Waals surface area contributed by atoms with Crippen LogP contribution in [0, 0.1) is 0 Å². The highest BCUT2D eigenvalue weighted by molar-refractivity contribution is 5.93. The Balaban J connectivity index is 1.95. The third kappa shape index (κ3) is 4.61. The van der Waals surface area contributed by atoms with Gasteiger partial charge in [-0.15, -0.1) is 0 Å². The van der Waals surface area contributed by atoms with Gasteiger partial charge in [-0.25, -0.2) is 4.98 Å². The van der Waals surface area contributed by atoms with Gasteiger partial charge < -0.3 is 15.0 Å². The van der Waals surface area contributed by atoms with Crippen LogP contribution >= 0.6 is 0 Å². The highest BCUT2D eigenvalue weighted by Gasteiger charge is 2.30. The molecule has 2 aromatic rings. The van der Waals surface area contributed by atoms with Crippen LogP contribution in [0.2, 0.25) is 0 Å². The van der Waals surface area contributed by atoms with Gasteiger partial charge in [0.15, 0.2) is 0 Å². The standard InChI is InChI=1S/C16H16F3N3O2/c1-22(14-8-3-11(9-20-14)16(17,18)19)10-15(23)21-12-4-6-13(24-2)7-5-12/h3-9H,10H2,1-2H3,(H,21,23). The molecule has 1 aromatic heterocycles. The van der Waals surface area contributed by atoms with Crippen molar-refractivity contribution in [3.63, 3.8) is 0 Å². The largest absolute Gasteiger partial charge is 0.497 e. The summed E-state index contributed by atoms with van der Waals surface area (Å²) < 4.78 is 42.5. The maximum atomic E-state index is 12.5. The molecule has 0 radical (unpaired) electrons. The summed E-state index contributed by atoms with van der Waals surface area (Å²) in [7, 11) is 3.11. The van der Waals surface area contributed by atoms with Crippen LogP contribution in [0.1, 0.15) is 5.56 Å². The van der Waals surface area contributed by atoms with Gasteiger partial charge in [0.1, 0.15) is 11.6 Å². The molecule has 0 bridgehead atoms. The number of aromatic nitrogens is 1. The van der Waals surface area contributed by atoms with Crippen LogP contribution in [0.3, 0.4) is 0 Å². The van der Waals surface area contributed by atoms with Gasteiger partial charge in [-0.05, 0) is 36.4 Å². The van der Waals surface area contributed by atoms with Crippen molar-refractivity contribution >= 4 is 17.4 Å². The molecule has 128 valence electrons. The summed E-state index contributed by atoms with van der Waals surface area (Å²) in [6.07, 6.45) is -3.69. The van der Waals surface area contributed by atoms with Gasteiger partial charge in [-0.1, -0.05) is 0 Å². The third-order valence-electron chi connectivity index (χ3n) is 3.22. The molecule has 0 unspecified atom stereocenters. The number of alkyl halides is 3. The number of amides is 1. The fraction of sp³-hybridized carbons (Fsp3) is 0.250. The number of halogens is 3. The van der Waals surface area contributed by atoms with Crippen LogP contribution < -0.4 is 15.0 Å². The van der Waals surface area contributed by atoms with Crippen LogP contribution in [0.15, 0.2) is 42.6 Å². The molecular formula is C16H16F3N3O2. The summed E-state index contributed by atoms with van der Waals surface area (Å²) in [5, 5.41) is 2.69. The fourth-order valence-electron chi connectivity index (χ4n) is 1.95. The number of methoxy groups -OCH3 is 1. The van der Waals surface area contributed by atoms with Crippen LogP contribution in [-0.4, -0.2) is 31.6 Å². The van der Waals surface area contributed by atoms with Gasteiger partial charge >= 0.3 is 6.18 Å². The Morgan fingerprint density at radius 3 is 2.38 bits per heavy atom. The Morgan fingerprint density at radius 2 is 1.88 bits per heavy atom. The van der Waals surface area contributed by atoms with Crippen molar-refractivity contribution in [2.75, 3.05) is 30.9 Å². The van der Waals surface area contributed by atoms with Crippen LogP contribution in [0.4, 0.5) is 24.7 Å². The van der Waals surface area contributed by atoms with Crippen molar-refractivity contribution in [3.8, 4) is 5.75 Å². The molecule has 0 aliphatic rings. The molecule has 5 nitrogen and oxygen atoms in total. The fourth-order valence-corrected chi connectivity index (χ4v) is 1.95. The van der Waals surface area contributed by atoms with Crippen molar-refractivity contribution in [1.82, 2.24) is 4.98 Å². The van der Waals surface area contributed by atoms with E-state index in [0.717, 1.165) is 12.3 Å². The number of hydrogen-bond acceptors (Lipinski definition) is 4. The first-order chi connectivity index (χ1) is 11.3. The Labute approximate surface area is 137 Å². The third-order valence-corrected chi connectivity index (χ3v) is 3.22. The van der Waals surface area contributed by atoms with E-state index in [-0.39, 0.29) is 18.3 Å². The van der Waals surface area contributed by atoms with E-state index in [1.807, 2.05) is 0 Å². The molecule has 0 fully saturated rings. The van der Waals surface area contributed by atoms with Gasteiger partial charge in [-0.2, -0.15) is 13.2 Å². The molecule has 0 aliphatic heterocycles. The Kier molecular flexibility index (Phi) is 5.28. The topological polar surface area (TPSA) is 54.5 Å². The van der Waals surface area contributed by atoms with E-state index in [9.17, 15) is 18.0 Å². The van der Waals surface area contributed by atoms with Gasteiger partial charge in [0, 0.05) is 18.9 Å². The molecule has 0 spiro atoms. The number of nitrogens with one attached hydrogen (secondary N) is 1. The Morgan fingerprint density at radius 1 is 1.21 bits per heavy atom. The molecule has 1 amide bonds. The van der Waals surface area contributed by atoms with E-state index in [4.69, 9.17) is 4.74 Å². The van der Waals surface area contributed by atoms with E-state index in [1.54, 1.807) is 38.4 Å². The predicted molar refractivity (Wildman–Crippen MR) is 84.1 cm³/mol.